The van der Waals surface area contributed by atoms with Crippen LogP contribution in [0, 0.1) is 0 Å². The Morgan fingerprint density at radius 2 is 1.82 bits per heavy atom. The van der Waals surface area contributed by atoms with Gasteiger partial charge in [-0.1, -0.05) is 32.0 Å². The highest BCUT2D eigenvalue weighted by atomic mass is 16.5. The fourth-order valence-electron chi connectivity index (χ4n) is 1.49. The number of ether oxygens (including phenoxy) is 1. The molecule has 0 aliphatic rings. The molecule has 1 aromatic carbocycles. The summed E-state index contributed by atoms with van der Waals surface area (Å²) in [6.07, 6.45) is 1.16. The third-order valence-corrected chi connectivity index (χ3v) is 2.37. The van der Waals surface area contributed by atoms with Crippen LogP contribution in [0.4, 0.5) is 0 Å². The lowest BCUT2D eigenvalue weighted by Gasteiger charge is -2.09. The Hall–Kier alpha value is -1.06. The van der Waals surface area contributed by atoms with E-state index < -0.39 is 0 Å². The van der Waals surface area contributed by atoms with Crippen molar-refractivity contribution in [3.63, 3.8) is 0 Å². The summed E-state index contributed by atoms with van der Waals surface area (Å²) in [5.41, 5.74) is 0. The molecule has 1 rings (SSSR count). The van der Waals surface area contributed by atoms with E-state index in [1.807, 2.05) is 30.3 Å². The van der Waals surface area contributed by atoms with Crippen molar-refractivity contribution in [2.45, 2.75) is 26.3 Å². The van der Waals surface area contributed by atoms with Crippen LogP contribution >= 0.6 is 0 Å². The second-order valence-electron chi connectivity index (χ2n) is 4.37. The lowest BCUT2D eigenvalue weighted by molar-refractivity contribution is 0.313. The zero-order valence-electron chi connectivity index (χ0n) is 10.9. The van der Waals surface area contributed by atoms with Crippen LogP contribution in [-0.2, 0) is 0 Å². The number of hydrogen-bond acceptors (Lipinski definition) is 3. The largest absolute Gasteiger partial charge is 0.492 e. The molecule has 0 atom stereocenters. The van der Waals surface area contributed by atoms with E-state index in [9.17, 15) is 0 Å². The Balaban J connectivity index is 1.88. The highest BCUT2D eigenvalue weighted by Gasteiger charge is 1.93. The van der Waals surface area contributed by atoms with Gasteiger partial charge in [0.2, 0.25) is 0 Å². The van der Waals surface area contributed by atoms with E-state index in [1.165, 1.54) is 0 Å². The summed E-state index contributed by atoms with van der Waals surface area (Å²) in [4.78, 5) is 0. The lowest BCUT2D eigenvalue weighted by atomic mass is 10.3. The molecule has 17 heavy (non-hydrogen) atoms. The molecule has 0 aliphatic heterocycles. The summed E-state index contributed by atoms with van der Waals surface area (Å²) in [6.45, 7) is 8.07. The summed E-state index contributed by atoms with van der Waals surface area (Å²) >= 11 is 0. The Morgan fingerprint density at radius 1 is 1.06 bits per heavy atom. The van der Waals surface area contributed by atoms with Crippen molar-refractivity contribution >= 4 is 0 Å². The van der Waals surface area contributed by atoms with Gasteiger partial charge in [0.1, 0.15) is 12.4 Å². The van der Waals surface area contributed by atoms with Gasteiger partial charge in [-0.15, -0.1) is 0 Å². The lowest BCUT2D eigenvalue weighted by Crippen LogP contribution is -2.28. The summed E-state index contributed by atoms with van der Waals surface area (Å²) < 4.78 is 5.57. The highest BCUT2D eigenvalue weighted by molar-refractivity contribution is 5.20. The Labute approximate surface area is 105 Å². The normalized spacial score (nSPS) is 10.8. The Morgan fingerprint density at radius 3 is 2.53 bits per heavy atom. The molecule has 0 fully saturated rings. The van der Waals surface area contributed by atoms with Gasteiger partial charge in [0.05, 0.1) is 0 Å². The van der Waals surface area contributed by atoms with Crippen molar-refractivity contribution in [1.82, 2.24) is 10.6 Å². The fraction of sp³-hybridized carbons (Fsp3) is 0.571. The fourth-order valence-corrected chi connectivity index (χ4v) is 1.49. The second kappa shape index (κ2) is 9.02. The van der Waals surface area contributed by atoms with Crippen LogP contribution in [0.5, 0.6) is 5.75 Å². The molecule has 0 aliphatic carbocycles. The first-order valence-corrected chi connectivity index (χ1v) is 6.41. The van der Waals surface area contributed by atoms with Crippen LogP contribution in [-0.4, -0.2) is 32.3 Å². The van der Waals surface area contributed by atoms with Crippen molar-refractivity contribution in [3.8, 4) is 5.75 Å². The van der Waals surface area contributed by atoms with Gasteiger partial charge >= 0.3 is 0 Å². The third-order valence-electron chi connectivity index (χ3n) is 2.37. The molecule has 0 unspecified atom stereocenters. The third kappa shape index (κ3) is 7.77. The van der Waals surface area contributed by atoms with E-state index in [0.717, 1.165) is 38.4 Å². The van der Waals surface area contributed by atoms with E-state index in [4.69, 9.17) is 4.74 Å². The molecule has 0 saturated heterocycles. The van der Waals surface area contributed by atoms with Crippen molar-refractivity contribution in [3.05, 3.63) is 30.3 Å². The van der Waals surface area contributed by atoms with Gasteiger partial charge in [-0.25, -0.2) is 0 Å². The summed E-state index contributed by atoms with van der Waals surface area (Å²) in [5.74, 6) is 0.941. The first-order valence-electron chi connectivity index (χ1n) is 6.41. The molecule has 2 N–H and O–H groups in total. The van der Waals surface area contributed by atoms with Crippen LogP contribution in [0.2, 0.25) is 0 Å². The average molecular weight is 236 g/mol. The molecule has 0 heterocycles. The predicted molar refractivity (Wildman–Crippen MR) is 72.6 cm³/mol. The maximum atomic E-state index is 5.57. The number of nitrogens with one attached hydrogen (secondary N) is 2. The van der Waals surface area contributed by atoms with Gasteiger partial charge in [-0.05, 0) is 31.6 Å². The highest BCUT2D eigenvalue weighted by Crippen LogP contribution is 2.07. The number of para-hydroxylation sites is 1. The quantitative estimate of drug-likeness (QED) is 0.644. The van der Waals surface area contributed by atoms with Crippen LogP contribution in [0.25, 0.3) is 0 Å². The molecule has 0 spiro atoms. The maximum absolute atomic E-state index is 5.57. The van der Waals surface area contributed by atoms with E-state index in [1.54, 1.807) is 0 Å². The topological polar surface area (TPSA) is 33.3 Å². The first kappa shape index (κ1) is 14.0. The van der Waals surface area contributed by atoms with Gasteiger partial charge in [0, 0.05) is 12.6 Å². The van der Waals surface area contributed by atoms with Gasteiger partial charge in [0.15, 0.2) is 0 Å². The van der Waals surface area contributed by atoms with Crippen LogP contribution < -0.4 is 15.4 Å². The predicted octanol–water partition coefficient (Wildman–Crippen LogP) is 2.04. The zero-order valence-corrected chi connectivity index (χ0v) is 10.9. The molecule has 1 aromatic rings. The van der Waals surface area contributed by atoms with Crippen molar-refractivity contribution in [2.24, 2.45) is 0 Å². The maximum Gasteiger partial charge on any atom is 0.119 e. The number of hydrogen-bond donors (Lipinski definition) is 2. The molecule has 3 heteroatoms. The minimum atomic E-state index is 0.580. The number of benzene rings is 1. The van der Waals surface area contributed by atoms with Crippen molar-refractivity contribution < 1.29 is 4.74 Å². The molecular weight excluding hydrogens is 212 g/mol. The van der Waals surface area contributed by atoms with E-state index in [-0.39, 0.29) is 0 Å². The van der Waals surface area contributed by atoms with Crippen molar-refractivity contribution in [1.29, 1.82) is 0 Å². The van der Waals surface area contributed by atoms with E-state index in [2.05, 4.69) is 24.5 Å². The van der Waals surface area contributed by atoms with Gasteiger partial charge in [0.25, 0.3) is 0 Å². The van der Waals surface area contributed by atoms with Crippen LogP contribution in [0.3, 0.4) is 0 Å². The molecule has 0 saturated carbocycles. The summed E-state index contributed by atoms with van der Waals surface area (Å²) in [5, 5.41) is 6.76. The van der Waals surface area contributed by atoms with Gasteiger partial charge in [-0.2, -0.15) is 0 Å². The van der Waals surface area contributed by atoms with Gasteiger partial charge < -0.3 is 15.4 Å². The van der Waals surface area contributed by atoms with Crippen LogP contribution in [0.1, 0.15) is 20.3 Å². The number of rotatable bonds is 9. The Kier molecular flexibility index (Phi) is 7.43. The standard InChI is InChI=1S/C14H24N2O/c1-13(2)16-10-6-9-15-11-12-17-14-7-4-3-5-8-14/h3-5,7-8,13,15-16H,6,9-12H2,1-2H3. The zero-order chi connectivity index (χ0) is 12.3. The summed E-state index contributed by atoms with van der Waals surface area (Å²) in [6, 6.07) is 10.5. The minimum absolute atomic E-state index is 0.580. The monoisotopic (exact) mass is 236 g/mol. The average Bonchev–Trinajstić information content (AvgIpc) is 2.33. The second-order valence-corrected chi connectivity index (χ2v) is 4.37. The van der Waals surface area contributed by atoms with Gasteiger partial charge in [-0.3, -0.25) is 0 Å². The molecule has 96 valence electrons. The van der Waals surface area contributed by atoms with E-state index in [0.29, 0.717) is 6.04 Å². The SMILES string of the molecule is CC(C)NCCCNCCOc1ccccc1. The van der Waals surface area contributed by atoms with Crippen molar-refractivity contribution in [2.75, 3.05) is 26.2 Å². The smallest absolute Gasteiger partial charge is 0.119 e. The summed E-state index contributed by atoms with van der Waals surface area (Å²) in [7, 11) is 0. The first-order chi connectivity index (χ1) is 8.29. The van der Waals surface area contributed by atoms with E-state index >= 15 is 0 Å². The molecule has 0 aromatic heterocycles. The minimum Gasteiger partial charge on any atom is -0.492 e. The molecule has 0 radical (unpaired) electrons. The molecular formula is C14H24N2O. The molecule has 0 bridgehead atoms. The van der Waals surface area contributed by atoms with Crippen LogP contribution in [0.15, 0.2) is 30.3 Å². The molecule has 0 amide bonds. The molecule has 3 nitrogen and oxygen atoms in total. The Bertz CT molecular complexity index is 275.